The zero-order chi connectivity index (χ0) is 9.97. The molecule has 0 aliphatic rings. The maximum Gasteiger partial charge on any atom is 0.148 e. The molecule has 14 heavy (non-hydrogen) atoms. The molecule has 0 spiro atoms. The van der Waals surface area contributed by atoms with E-state index in [0.29, 0.717) is 11.4 Å². The molecular weight excluding hydrogens is 183 g/mol. The number of nitrogens with one attached hydrogen (secondary N) is 1. The van der Waals surface area contributed by atoms with E-state index in [2.05, 4.69) is 10.5 Å². The summed E-state index contributed by atoms with van der Waals surface area (Å²) in [4.78, 5) is 0. The fourth-order valence-electron chi connectivity index (χ4n) is 1.17. The molecule has 0 unspecified atom stereocenters. The predicted molar refractivity (Wildman–Crippen MR) is 51.3 cm³/mol. The van der Waals surface area contributed by atoms with Crippen molar-refractivity contribution in [3.05, 3.63) is 42.5 Å². The fourth-order valence-corrected chi connectivity index (χ4v) is 1.17. The molecule has 72 valence electrons. The Labute approximate surface area is 80.1 Å². The van der Waals surface area contributed by atoms with E-state index in [-0.39, 0.29) is 5.82 Å². The number of nitrogen functional groups attached to an aromatic ring is 1. The van der Waals surface area contributed by atoms with Gasteiger partial charge in [0, 0.05) is 0 Å². The minimum Gasteiger partial charge on any atom is -0.321 e. The SMILES string of the molecule is NNc1cnn(-c2ccccc2F)c1. The first kappa shape index (κ1) is 8.71. The van der Waals surface area contributed by atoms with Crippen molar-refractivity contribution in [1.82, 2.24) is 9.78 Å². The van der Waals surface area contributed by atoms with Gasteiger partial charge in [0.1, 0.15) is 11.5 Å². The van der Waals surface area contributed by atoms with E-state index in [4.69, 9.17) is 5.84 Å². The van der Waals surface area contributed by atoms with Crippen molar-refractivity contribution in [2.75, 3.05) is 5.43 Å². The van der Waals surface area contributed by atoms with Gasteiger partial charge in [0.15, 0.2) is 0 Å². The lowest BCUT2D eigenvalue weighted by molar-refractivity contribution is 0.611. The van der Waals surface area contributed by atoms with E-state index in [1.165, 1.54) is 16.9 Å². The van der Waals surface area contributed by atoms with Crippen LogP contribution in [0.25, 0.3) is 5.69 Å². The second-order valence-electron chi connectivity index (χ2n) is 2.77. The molecule has 0 aliphatic carbocycles. The summed E-state index contributed by atoms with van der Waals surface area (Å²) in [7, 11) is 0. The third-order valence-electron chi connectivity index (χ3n) is 1.85. The van der Waals surface area contributed by atoms with Crippen LogP contribution in [0.1, 0.15) is 0 Å². The van der Waals surface area contributed by atoms with Crippen LogP contribution in [0.4, 0.5) is 10.1 Å². The Morgan fingerprint density at radius 2 is 2.14 bits per heavy atom. The van der Waals surface area contributed by atoms with Crippen LogP contribution < -0.4 is 11.3 Å². The first-order valence-electron chi connectivity index (χ1n) is 4.07. The van der Waals surface area contributed by atoms with Gasteiger partial charge in [0.05, 0.1) is 18.1 Å². The van der Waals surface area contributed by atoms with Crippen LogP contribution >= 0.6 is 0 Å². The number of para-hydroxylation sites is 1. The molecule has 4 nitrogen and oxygen atoms in total. The zero-order valence-electron chi connectivity index (χ0n) is 7.31. The van der Waals surface area contributed by atoms with E-state index in [0.717, 1.165) is 0 Å². The van der Waals surface area contributed by atoms with Gasteiger partial charge in [-0.3, -0.25) is 5.84 Å². The molecule has 0 fully saturated rings. The molecule has 0 saturated heterocycles. The molecule has 1 aromatic heterocycles. The Bertz CT molecular complexity index is 438. The standard InChI is InChI=1S/C9H9FN4/c10-8-3-1-2-4-9(8)14-6-7(13-11)5-12-14/h1-6,13H,11H2. The van der Waals surface area contributed by atoms with Gasteiger partial charge in [-0.05, 0) is 12.1 Å². The zero-order valence-corrected chi connectivity index (χ0v) is 7.31. The molecule has 0 bridgehead atoms. The third kappa shape index (κ3) is 1.45. The number of halogens is 1. The number of hydrazine groups is 1. The highest BCUT2D eigenvalue weighted by atomic mass is 19.1. The Morgan fingerprint density at radius 3 is 2.79 bits per heavy atom. The summed E-state index contributed by atoms with van der Waals surface area (Å²) in [5.41, 5.74) is 3.46. The number of aromatic nitrogens is 2. The molecule has 2 aromatic rings. The van der Waals surface area contributed by atoms with Crippen molar-refractivity contribution in [2.24, 2.45) is 5.84 Å². The molecule has 0 atom stereocenters. The summed E-state index contributed by atoms with van der Waals surface area (Å²) in [5, 5.41) is 3.95. The largest absolute Gasteiger partial charge is 0.321 e. The Kier molecular flexibility index (Phi) is 2.16. The average Bonchev–Trinajstić information content (AvgIpc) is 2.67. The minimum absolute atomic E-state index is 0.320. The Morgan fingerprint density at radius 1 is 1.36 bits per heavy atom. The number of nitrogens with two attached hydrogens (primary N) is 1. The van der Waals surface area contributed by atoms with E-state index in [9.17, 15) is 4.39 Å². The van der Waals surface area contributed by atoms with Crippen molar-refractivity contribution in [2.45, 2.75) is 0 Å². The van der Waals surface area contributed by atoms with Crippen LogP contribution in [0.3, 0.4) is 0 Å². The van der Waals surface area contributed by atoms with Gasteiger partial charge in [-0.25, -0.2) is 9.07 Å². The van der Waals surface area contributed by atoms with Gasteiger partial charge in [-0.2, -0.15) is 5.10 Å². The predicted octanol–water partition coefficient (Wildman–Crippen LogP) is 1.30. The van der Waals surface area contributed by atoms with Gasteiger partial charge < -0.3 is 5.43 Å². The third-order valence-corrected chi connectivity index (χ3v) is 1.85. The van der Waals surface area contributed by atoms with Crippen LogP contribution in [0.15, 0.2) is 36.7 Å². The van der Waals surface area contributed by atoms with E-state index >= 15 is 0 Å². The highest BCUT2D eigenvalue weighted by Gasteiger charge is 2.04. The van der Waals surface area contributed by atoms with E-state index in [1.54, 1.807) is 24.4 Å². The van der Waals surface area contributed by atoms with Gasteiger partial charge in [-0.15, -0.1) is 0 Å². The highest BCUT2D eigenvalue weighted by molar-refractivity contribution is 5.41. The van der Waals surface area contributed by atoms with Crippen molar-refractivity contribution in [3.63, 3.8) is 0 Å². The first-order chi connectivity index (χ1) is 6.81. The highest BCUT2D eigenvalue weighted by Crippen LogP contribution is 2.13. The summed E-state index contributed by atoms with van der Waals surface area (Å²) < 4.78 is 14.7. The van der Waals surface area contributed by atoms with Crippen molar-refractivity contribution >= 4 is 5.69 Å². The number of anilines is 1. The summed E-state index contributed by atoms with van der Waals surface area (Å²) in [6.07, 6.45) is 3.13. The van der Waals surface area contributed by atoms with Crippen LogP contribution in [0, 0.1) is 5.82 Å². The molecule has 1 aromatic carbocycles. The number of hydrogen-bond acceptors (Lipinski definition) is 3. The normalized spacial score (nSPS) is 10.1. The van der Waals surface area contributed by atoms with E-state index in [1.807, 2.05) is 0 Å². The van der Waals surface area contributed by atoms with Crippen LogP contribution in [-0.2, 0) is 0 Å². The van der Waals surface area contributed by atoms with Crippen LogP contribution in [-0.4, -0.2) is 9.78 Å². The monoisotopic (exact) mass is 192 g/mol. The topological polar surface area (TPSA) is 55.9 Å². The molecule has 0 saturated carbocycles. The fraction of sp³-hybridized carbons (Fsp3) is 0. The second kappa shape index (κ2) is 3.47. The van der Waals surface area contributed by atoms with Crippen molar-refractivity contribution in [1.29, 1.82) is 0 Å². The molecular formula is C9H9FN4. The van der Waals surface area contributed by atoms with Gasteiger partial charge in [0.2, 0.25) is 0 Å². The molecule has 2 rings (SSSR count). The minimum atomic E-state index is -0.320. The Balaban J connectivity index is 2.44. The quantitative estimate of drug-likeness (QED) is 0.557. The number of benzene rings is 1. The smallest absolute Gasteiger partial charge is 0.148 e. The number of hydrogen-bond donors (Lipinski definition) is 2. The maximum absolute atomic E-state index is 13.3. The van der Waals surface area contributed by atoms with Gasteiger partial charge in [-0.1, -0.05) is 12.1 Å². The first-order valence-corrected chi connectivity index (χ1v) is 4.07. The summed E-state index contributed by atoms with van der Waals surface area (Å²) in [6.45, 7) is 0. The van der Waals surface area contributed by atoms with Crippen LogP contribution in [0.5, 0.6) is 0 Å². The number of rotatable bonds is 2. The summed E-state index contributed by atoms with van der Waals surface area (Å²) >= 11 is 0. The molecule has 0 aliphatic heterocycles. The van der Waals surface area contributed by atoms with Crippen molar-refractivity contribution in [3.8, 4) is 5.69 Å². The lowest BCUT2D eigenvalue weighted by Gasteiger charge is -2.01. The summed E-state index contributed by atoms with van der Waals surface area (Å²) in [6, 6.07) is 6.40. The van der Waals surface area contributed by atoms with Gasteiger partial charge in [0.25, 0.3) is 0 Å². The van der Waals surface area contributed by atoms with E-state index < -0.39 is 0 Å². The molecule has 0 amide bonds. The summed E-state index contributed by atoms with van der Waals surface area (Å²) in [5.74, 6) is 4.86. The molecule has 1 heterocycles. The van der Waals surface area contributed by atoms with Gasteiger partial charge >= 0.3 is 0 Å². The lowest BCUT2D eigenvalue weighted by Crippen LogP contribution is -2.05. The lowest BCUT2D eigenvalue weighted by atomic mass is 10.3. The second-order valence-corrected chi connectivity index (χ2v) is 2.77. The molecule has 0 radical (unpaired) electrons. The average molecular weight is 192 g/mol. The molecule has 5 heteroatoms. The maximum atomic E-state index is 13.3. The molecule has 3 N–H and O–H groups in total. The van der Waals surface area contributed by atoms with Crippen LogP contribution in [0.2, 0.25) is 0 Å². The van der Waals surface area contributed by atoms with Crippen molar-refractivity contribution < 1.29 is 4.39 Å². The number of nitrogens with zero attached hydrogens (tertiary/aromatic N) is 2. The Hall–Kier alpha value is -1.88.